The quantitative estimate of drug-likeness (QED) is 0.446. The number of rotatable bonds is 3. The van der Waals surface area contributed by atoms with Crippen LogP contribution in [0.15, 0.2) is 77.9 Å². The van der Waals surface area contributed by atoms with Gasteiger partial charge >= 0.3 is 0 Å². The highest BCUT2D eigenvalue weighted by Crippen LogP contribution is 2.53. The first kappa shape index (κ1) is 20.5. The maximum absolute atomic E-state index is 13.8. The number of aryl methyl sites for hydroxylation is 1. The number of carbonyl (C=O) groups is 3. The Kier molecular flexibility index (Phi) is 4.49. The molecule has 3 aliphatic heterocycles. The third kappa shape index (κ3) is 2.86. The van der Waals surface area contributed by atoms with Crippen LogP contribution in [0.1, 0.15) is 33.1 Å². The Hall–Kier alpha value is -4.13. The van der Waals surface area contributed by atoms with Crippen molar-refractivity contribution in [2.45, 2.75) is 19.0 Å². The standard InChI is InChI=1S/C27H20FN3O3/c1-15-6-12-19(13-7-15)30-26(33)21-22(27(30)34)24(25(32)16-8-10-18(28)11-9-16)31-23(21)20-5-3-2-4-17(20)14-29-31/h2-14,21-24H,1H3/t21-,22-,23+,24+/m1/s1. The number of fused-ring (bicyclic) bond motifs is 5. The minimum absolute atomic E-state index is 0.272. The summed E-state index contributed by atoms with van der Waals surface area (Å²) < 4.78 is 13.5. The van der Waals surface area contributed by atoms with E-state index in [9.17, 15) is 18.8 Å². The molecular formula is C27H20FN3O3. The molecule has 0 spiro atoms. The van der Waals surface area contributed by atoms with E-state index >= 15 is 0 Å². The van der Waals surface area contributed by atoms with E-state index in [-0.39, 0.29) is 17.3 Å². The Morgan fingerprint density at radius 1 is 0.882 bits per heavy atom. The molecule has 3 aromatic rings. The first-order valence-corrected chi connectivity index (χ1v) is 11.1. The second-order valence-electron chi connectivity index (χ2n) is 8.91. The van der Waals surface area contributed by atoms with Gasteiger partial charge in [-0.15, -0.1) is 0 Å². The van der Waals surface area contributed by atoms with Crippen molar-refractivity contribution in [1.82, 2.24) is 5.01 Å². The fraction of sp³-hybridized carbons (Fsp3) is 0.185. The Morgan fingerprint density at radius 2 is 1.56 bits per heavy atom. The fourth-order valence-corrected chi connectivity index (χ4v) is 5.40. The van der Waals surface area contributed by atoms with E-state index in [2.05, 4.69) is 5.10 Å². The molecule has 4 atom stereocenters. The van der Waals surface area contributed by atoms with Crippen molar-refractivity contribution >= 4 is 29.5 Å². The Morgan fingerprint density at radius 3 is 2.29 bits per heavy atom. The monoisotopic (exact) mass is 453 g/mol. The maximum Gasteiger partial charge on any atom is 0.240 e. The largest absolute Gasteiger partial charge is 0.292 e. The van der Waals surface area contributed by atoms with Crippen LogP contribution in [0.5, 0.6) is 0 Å². The van der Waals surface area contributed by atoms with Crippen LogP contribution in [0.3, 0.4) is 0 Å². The van der Waals surface area contributed by atoms with Gasteiger partial charge in [-0.3, -0.25) is 19.4 Å². The number of Topliss-reactive ketones (excluding diaryl/α,β-unsaturated/α-hetero) is 1. The summed E-state index contributed by atoms with van der Waals surface area (Å²) >= 11 is 0. The summed E-state index contributed by atoms with van der Waals surface area (Å²) in [7, 11) is 0. The van der Waals surface area contributed by atoms with Gasteiger partial charge in [0.15, 0.2) is 5.78 Å². The zero-order valence-electron chi connectivity index (χ0n) is 18.3. The summed E-state index contributed by atoms with van der Waals surface area (Å²) in [4.78, 5) is 42.4. The van der Waals surface area contributed by atoms with Crippen molar-refractivity contribution in [3.05, 3.63) is 101 Å². The molecule has 7 heteroatoms. The van der Waals surface area contributed by atoms with Crippen LogP contribution in [0.25, 0.3) is 0 Å². The van der Waals surface area contributed by atoms with Gasteiger partial charge in [-0.2, -0.15) is 5.10 Å². The first-order valence-electron chi connectivity index (χ1n) is 11.1. The summed E-state index contributed by atoms with van der Waals surface area (Å²) in [5, 5.41) is 6.13. The molecule has 0 aliphatic carbocycles. The number of anilines is 1. The molecule has 2 fully saturated rings. The van der Waals surface area contributed by atoms with E-state index in [1.807, 2.05) is 43.3 Å². The van der Waals surface area contributed by atoms with Crippen molar-refractivity contribution in [2.24, 2.45) is 16.9 Å². The van der Waals surface area contributed by atoms with Crippen molar-refractivity contribution in [3.8, 4) is 0 Å². The molecular weight excluding hydrogens is 433 g/mol. The molecule has 2 saturated heterocycles. The molecule has 34 heavy (non-hydrogen) atoms. The molecule has 6 rings (SSSR count). The molecule has 3 heterocycles. The number of amides is 2. The van der Waals surface area contributed by atoms with Gasteiger partial charge in [-0.1, -0.05) is 42.0 Å². The van der Waals surface area contributed by atoms with Gasteiger partial charge < -0.3 is 0 Å². The van der Waals surface area contributed by atoms with Gasteiger partial charge in [0.2, 0.25) is 11.8 Å². The fourth-order valence-electron chi connectivity index (χ4n) is 5.40. The second-order valence-corrected chi connectivity index (χ2v) is 8.91. The number of benzene rings is 3. The third-order valence-corrected chi connectivity index (χ3v) is 6.98. The van der Waals surface area contributed by atoms with Crippen molar-refractivity contribution in [2.75, 3.05) is 4.90 Å². The van der Waals surface area contributed by atoms with E-state index < -0.39 is 35.6 Å². The van der Waals surface area contributed by atoms with Crippen LogP contribution in [0.2, 0.25) is 0 Å². The molecule has 2 amide bonds. The number of carbonyl (C=O) groups excluding carboxylic acids is 3. The molecule has 168 valence electrons. The van der Waals surface area contributed by atoms with Crippen molar-refractivity contribution in [3.63, 3.8) is 0 Å². The average molecular weight is 453 g/mol. The molecule has 0 unspecified atom stereocenters. The molecule has 6 nitrogen and oxygen atoms in total. The zero-order chi connectivity index (χ0) is 23.6. The summed E-state index contributed by atoms with van der Waals surface area (Å²) in [5.74, 6) is -3.24. The summed E-state index contributed by atoms with van der Waals surface area (Å²) in [6.07, 6.45) is 1.66. The van der Waals surface area contributed by atoms with Crippen LogP contribution in [0.4, 0.5) is 10.1 Å². The highest BCUT2D eigenvalue weighted by atomic mass is 19.1. The van der Waals surface area contributed by atoms with Gasteiger partial charge in [-0.25, -0.2) is 9.29 Å². The first-order chi connectivity index (χ1) is 16.5. The SMILES string of the molecule is Cc1ccc(N2C(=O)[C@@H]3[C@@H](C2=O)[C@@H]2c4ccccc4C=NN2[C@@H]3C(=O)c2ccc(F)cc2)cc1. The number of nitrogens with zero attached hydrogens (tertiary/aromatic N) is 3. The number of hydrogen-bond donors (Lipinski definition) is 0. The normalized spacial score (nSPS) is 24.8. The van der Waals surface area contributed by atoms with E-state index in [0.717, 1.165) is 16.7 Å². The van der Waals surface area contributed by atoms with Crippen molar-refractivity contribution < 1.29 is 18.8 Å². The van der Waals surface area contributed by atoms with Gasteiger partial charge in [0.25, 0.3) is 0 Å². The second kappa shape index (κ2) is 7.45. The van der Waals surface area contributed by atoms with Gasteiger partial charge in [0, 0.05) is 5.56 Å². The smallest absolute Gasteiger partial charge is 0.240 e. The summed E-state index contributed by atoms with van der Waals surface area (Å²) in [5.41, 5.74) is 3.48. The van der Waals surface area contributed by atoms with Crippen LogP contribution in [0, 0.1) is 24.6 Å². The van der Waals surface area contributed by atoms with Crippen LogP contribution < -0.4 is 4.90 Å². The molecule has 0 aromatic heterocycles. The highest BCUT2D eigenvalue weighted by Gasteiger charge is 2.65. The molecule has 0 saturated carbocycles. The van der Waals surface area contributed by atoms with Crippen molar-refractivity contribution in [1.29, 1.82) is 0 Å². The molecule has 3 aromatic carbocycles. The topological polar surface area (TPSA) is 70.1 Å². The lowest BCUT2D eigenvalue weighted by atomic mass is 9.83. The van der Waals surface area contributed by atoms with Gasteiger partial charge in [0.1, 0.15) is 11.9 Å². The third-order valence-electron chi connectivity index (χ3n) is 6.98. The number of hydrogen-bond acceptors (Lipinski definition) is 5. The summed E-state index contributed by atoms with van der Waals surface area (Å²) in [6, 6.07) is 18.5. The molecule has 0 radical (unpaired) electrons. The Balaban J connectivity index is 1.49. The maximum atomic E-state index is 13.8. The Bertz CT molecular complexity index is 1370. The number of imide groups is 1. The van der Waals surface area contributed by atoms with Crippen LogP contribution in [-0.4, -0.2) is 34.9 Å². The van der Waals surface area contributed by atoms with E-state index in [1.165, 1.54) is 29.2 Å². The minimum atomic E-state index is -0.975. The van der Waals surface area contributed by atoms with E-state index in [1.54, 1.807) is 23.4 Å². The van der Waals surface area contributed by atoms with Crippen LogP contribution in [-0.2, 0) is 9.59 Å². The molecule has 3 aliphatic rings. The van der Waals surface area contributed by atoms with Crippen LogP contribution >= 0.6 is 0 Å². The highest BCUT2D eigenvalue weighted by molar-refractivity contribution is 6.24. The average Bonchev–Trinajstić information content (AvgIpc) is 3.32. The van der Waals surface area contributed by atoms with Gasteiger partial charge in [-0.05, 0) is 54.4 Å². The number of ketones is 1. The van der Waals surface area contributed by atoms with Gasteiger partial charge in [0.05, 0.1) is 29.8 Å². The molecule has 0 N–H and O–H groups in total. The molecule has 0 bridgehead atoms. The lowest BCUT2D eigenvalue weighted by Gasteiger charge is -2.33. The number of halogens is 1. The zero-order valence-corrected chi connectivity index (χ0v) is 18.3. The Labute approximate surface area is 195 Å². The van der Waals surface area contributed by atoms with E-state index in [4.69, 9.17) is 0 Å². The lowest BCUT2D eigenvalue weighted by molar-refractivity contribution is -0.124. The number of hydrazone groups is 1. The predicted octanol–water partition coefficient (Wildman–Crippen LogP) is 3.90. The minimum Gasteiger partial charge on any atom is -0.292 e. The predicted molar refractivity (Wildman–Crippen MR) is 124 cm³/mol. The summed E-state index contributed by atoms with van der Waals surface area (Å²) in [6.45, 7) is 1.93. The lowest BCUT2D eigenvalue weighted by Crippen LogP contribution is -2.44. The van der Waals surface area contributed by atoms with E-state index in [0.29, 0.717) is 5.69 Å².